The second kappa shape index (κ2) is 16.0. The maximum atomic E-state index is 16.4. The van der Waals surface area contributed by atoms with Gasteiger partial charge in [-0.15, -0.1) is 0 Å². The fraction of sp³-hybridized carbons (Fsp3) is 0.458. The normalized spacial score (nSPS) is 23.9. The number of carbonyl (C=O) groups is 4. The number of ether oxygens (including phenoxy) is 1. The predicted molar refractivity (Wildman–Crippen MR) is 235 cm³/mol. The van der Waals surface area contributed by atoms with Gasteiger partial charge in [-0.2, -0.15) is 5.26 Å². The maximum Gasteiger partial charge on any atom is 0.255 e. The number of aromatic nitrogens is 1. The number of piperidine rings is 2. The summed E-state index contributed by atoms with van der Waals surface area (Å²) in [4.78, 5) is 73.4. The van der Waals surface area contributed by atoms with E-state index < -0.39 is 40.2 Å². The lowest BCUT2D eigenvalue weighted by molar-refractivity contribution is -0.163. The Morgan fingerprint density at radius 1 is 0.906 bits per heavy atom. The van der Waals surface area contributed by atoms with Crippen molar-refractivity contribution < 1.29 is 32.7 Å². The lowest BCUT2D eigenvalue weighted by Gasteiger charge is -2.63. The number of fused-ring (bicyclic) bond motifs is 2. The Morgan fingerprint density at radius 2 is 1.64 bits per heavy atom. The van der Waals surface area contributed by atoms with Crippen LogP contribution in [0.5, 0.6) is 5.75 Å². The summed E-state index contributed by atoms with van der Waals surface area (Å²) in [7, 11) is 0. The van der Waals surface area contributed by atoms with Crippen LogP contribution in [0.4, 0.5) is 20.2 Å². The molecule has 1 saturated carbocycles. The van der Waals surface area contributed by atoms with E-state index in [0.717, 1.165) is 11.3 Å². The molecule has 64 heavy (non-hydrogen) atoms. The third kappa shape index (κ3) is 7.63. The van der Waals surface area contributed by atoms with E-state index in [9.17, 15) is 29.2 Å². The molecular formula is C48H52F2N8O6. The molecule has 5 heterocycles. The highest BCUT2D eigenvalue weighted by Crippen LogP contribution is 2.56. The summed E-state index contributed by atoms with van der Waals surface area (Å²) in [6.07, 6.45) is 0.635. The molecule has 14 nitrogen and oxygen atoms in total. The van der Waals surface area contributed by atoms with Crippen LogP contribution in [0.15, 0.2) is 65.5 Å². The third-order valence-corrected chi connectivity index (χ3v) is 14.3. The fourth-order valence-corrected chi connectivity index (χ4v) is 11.1. The number of rotatable bonds is 9. The van der Waals surface area contributed by atoms with Crippen LogP contribution >= 0.6 is 0 Å². The van der Waals surface area contributed by atoms with Gasteiger partial charge in [-0.25, -0.2) is 8.78 Å². The molecule has 9 rings (SSSR count). The summed E-state index contributed by atoms with van der Waals surface area (Å²) < 4.78 is 38.7. The van der Waals surface area contributed by atoms with Gasteiger partial charge in [0.25, 0.3) is 11.8 Å². The number of hydrogen-bond acceptors (Lipinski definition) is 10. The first-order chi connectivity index (χ1) is 30.5. The number of nitrogens with one attached hydrogen (secondary N) is 3. The topological polar surface area (TPSA) is 171 Å². The fourth-order valence-electron chi connectivity index (χ4n) is 11.1. The number of halogens is 2. The van der Waals surface area contributed by atoms with Gasteiger partial charge in [-0.05, 0) is 66.6 Å². The minimum absolute atomic E-state index is 0.179. The van der Waals surface area contributed by atoms with Crippen LogP contribution in [0.2, 0.25) is 0 Å². The highest BCUT2D eigenvalue weighted by atomic mass is 19.1. The Balaban J connectivity index is 0.764. The zero-order valence-corrected chi connectivity index (χ0v) is 36.4. The molecule has 0 spiro atoms. The monoisotopic (exact) mass is 874 g/mol. The number of alkyl halides is 1. The summed E-state index contributed by atoms with van der Waals surface area (Å²) in [6.45, 7) is 11.9. The van der Waals surface area contributed by atoms with E-state index >= 15 is 8.78 Å². The van der Waals surface area contributed by atoms with Crippen molar-refractivity contribution in [3.05, 3.63) is 99.1 Å². The number of H-pyrrole nitrogens is 1. The van der Waals surface area contributed by atoms with Crippen LogP contribution in [-0.4, -0.2) is 108 Å². The Labute approximate surface area is 369 Å². The molecule has 5 aliphatic rings. The smallest absolute Gasteiger partial charge is 0.255 e. The van der Waals surface area contributed by atoms with Crippen molar-refractivity contribution in [3.63, 3.8) is 0 Å². The lowest BCUT2D eigenvalue weighted by Crippen LogP contribution is -2.74. The zero-order chi connectivity index (χ0) is 45.3. The van der Waals surface area contributed by atoms with Crippen molar-refractivity contribution in [3.8, 4) is 11.8 Å². The largest absolute Gasteiger partial charge is 0.488 e. The number of nitriles is 1. The van der Waals surface area contributed by atoms with Gasteiger partial charge in [0.1, 0.15) is 35.5 Å². The Hall–Kier alpha value is -6.34. The van der Waals surface area contributed by atoms with E-state index in [4.69, 9.17) is 4.74 Å². The average molecular weight is 875 g/mol. The van der Waals surface area contributed by atoms with Crippen LogP contribution in [0.3, 0.4) is 0 Å². The summed E-state index contributed by atoms with van der Waals surface area (Å²) in [5, 5.41) is 15.6. The molecule has 0 bridgehead atoms. The molecule has 1 aromatic heterocycles. The standard InChI is InChI=1S/C48H52F2N8O6/c1-46(2)44(47(3,4)45(46)64-37-12-6-29(25-51)40-33(37)9-13-38(59)52-40)54-41(61)28-5-10-35(34(49)24-28)57-17-15-48(50,16-18-57)27-55-19-21-56(22-20-55)31-7-8-32-30(23-31)26-58(43(32)63)36-11-14-39(60)53-42(36)62/h5-10,12-13,23-24,36,44-45H,11,14-22,26-27H2,1-4H3,(H,52,59)(H,54,61)(H,53,60,62)/t36-,44?,45?/m0/s1. The van der Waals surface area contributed by atoms with E-state index in [-0.39, 0.29) is 60.9 Å². The first kappa shape index (κ1) is 42.9. The minimum Gasteiger partial charge on any atom is -0.488 e. The van der Waals surface area contributed by atoms with Crippen LogP contribution < -0.4 is 30.7 Å². The molecule has 4 amide bonds. The SMILES string of the molecule is CC1(C)C(NC(=O)c2ccc(N3CCC(F)(CN4CCN(c5ccc6c(c5)CN([C@H]5CCC(=O)NC5=O)C6=O)CC4)CC3)c(F)c2)C(C)(C)C1Oc1ccc(C#N)c2[nH]c(=O)ccc12. The molecule has 16 heteroatoms. The molecule has 4 aromatic rings. The van der Waals surface area contributed by atoms with Crippen LogP contribution in [0.1, 0.15) is 85.2 Å². The molecule has 4 fully saturated rings. The number of pyridine rings is 1. The molecule has 3 N–H and O–H groups in total. The summed E-state index contributed by atoms with van der Waals surface area (Å²) in [5.41, 5.74) is 0.767. The summed E-state index contributed by atoms with van der Waals surface area (Å²) in [6, 6.07) is 17.6. The molecular weight excluding hydrogens is 823 g/mol. The first-order valence-corrected chi connectivity index (χ1v) is 22.0. The number of aromatic amines is 1. The zero-order valence-electron chi connectivity index (χ0n) is 36.4. The third-order valence-electron chi connectivity index (χ3n) is 14.3. The first-order valence-electron chi connectivity index (χ1n) is 22.0. The van der Waals surface area contributed by atoms with Crippen molar-refractivity contribution >= 4 is 45.9 Å². The number of carbonyl (C=O) groups excluding carboxylic acids is 4. The Kier molecular flexibility index (Phi) is 10.8. The molecule has 0 unspecified atom stereocenters. The number of amides is 4. The quantitative estimate of drug-likeness (QED) is 0.194. The Bertz CT molecular complexity index is 2660. The van der Waals surface area contributed by atoms with Gasteiger partial charge in [0.2, 0.25) is 17.4 Å². The van der Waals surface area contributed by atoms with Gasteiger partial charge in [-0.3, -0.25) is 34.2 Å². The predicted octanol–water partition coefficient (Wildman–Crippen LogP) is 5.04. The van der Waals surface area contributed by atoms with Crippen LogP contribution in [-0.2, 0) is 16.1 Å². The van der Waals surface area contributed by atoms with Crippen molar-refractivity contribution in [2.45, 2.75) is 83.8 Å². The number of anilines is 2. The van der Waals surface area contributed by atoms with Gasteiger partial charge in [-0.1, -0.05) is 27.7 Å². The second-order valence-corrected chi connectivity index (χ2v) is 19.2. The van der Waals surface area contributed by atoms with Gasteiger partial charge < -0.3 is 29.7 Å². The summed E-state index contributed by atoms with van der Waals surface area (Å²) in [5.74, 6) is -1.42. The molecule has 334 valence electrons. The highest BCUT2D eigenvalue weighted by molar-refractivity contribution is 6.05. The van der Waals surface area contributed by atoms with E-state index in [2.05, 4.69) is 31.5 Å². The second-order valence-electron chi connectivity index (χ2n) is 19.2. The van der Waals surface area contributed by atoms with Gasteiger partial charge in [0.15, 0.2) is 0 Å². The van der Waals surface area contributed by atoms with Crippen molar-refractivity contribution in [1.82, 2.24) is 25.4 Å². The Morgan fingerprint density at radius 3 is 2.33 bits per heavy atom. The molecule has 3 saturated heterocycles. The summed E-state index contributed by atoms with van der Waals surface area (Å²) >= 11 is 0. The molecule has 1 atom stereocenters. The van der Waals surface area contributed by atoms with E-state index in [1.165, 1.54) is 12.1 Å². The van der Waals surface area contributed by atoms with Crippen molar-refractivity contribution in [1.29, 1.82) is 5.26 Å². The van der Waals surface area contributed by atoms with E-state index in [1.54, 1.807) is 41.3 Å². The van der Waals surface area contributed by atoms with Gasteiger partial charge in [0, 0.05) is 117 Å². The molecule has 3 aromatic carbocycles. The van der Waals surface area contributed by atoms with Crippen LogP contribution in [0.25, 0.3) is 10.9 Å². The van der Waals surface area contributed by atoms with E-state index in [1.807, 2.05) is 44.7 Å². The average Bonchev–Trinajstić information content (AvgIpc) is 3.59. The molecule has 4 aliphatic heterocycles. The highest BCUT2D eigenvalue weighted by Gasteiger charge is 2.64. The van der Waals surface area contributed by atoms with Crippen molar-refractivity contribution in [2.24, 2.45) is 10.8 Å². The number of hydrogen-bond donors (Lipinski definition) is 3. The number of nitrogens with zero attached hydrogens (tertiary/aromatic N) is 5. The number of piperazine rings is 1. The number of imide groups is 1. The number of benzene rings is 3. The lowest BCUT2D eigenvalue weighted by atomic mass is 9.49. The van der Waals surface area contributed by atoms with Crippen LogP contribution in [0, 0.1) is 28.0 Å². The molecule has 0 radical (unpaired) electrons. The molecule has 1 aliphatic carbocycles. The van der Waals surface area contributed by atoms with Gasteiger partial charge in [0.05, 0.1) is 16.8 Å². The van der Waals surface area contributed by atoms with E-state index in [0.29, 0.717) is 85.7 Å². The maximum absolute atomic E-state index is 16.4. The van der Waals surface area contributed by atoms with Crippen molar-refractivity contribution in [2.75, 3.05) is 55.6 Å². The van der Waals surface area contributed by atoms with Gasteiger partial charge >= 0.3 is 0 Å². The minimum atomic E-state index is -1.43.